The number of imidazole rings is 1. The number of hydrogen-bond donors (Lipinski definition) is 1. The molecular weight excluding hydrogens is 310 g/mol. The Labute approximate surface area is 134 Å². The first kappa shape index (κ1) is 13.5. The van der Waals surface area contributed by atoms with Crippen molar-refractivity contribution in [2.45, 2.75) is 0 Å². The van der Waals surface area contributed by atoms with Gasteiger partial charge in [0.15, 0.2) is 4.96 Å². The van der Waals surface area contributed by atoms with E-state index in [0.29, 0.717) is 5.56 Å². The summed E-state index contributed by atoms with van der Waals surface area (Å²) >= 11 is 1.44. The molecule has 2 aromatic heterocycles. The zero-order valence-electron chi connectivity index (χ0n) is 11.7. The number of aromatic nitrogens is 2. The molecule has 0 aliphatic heterocycles. The quantitative estimate of drug-likeness (QED) is 0.610. The number of rotatable bonds is 2. The van der Waals surface area contributed by atoms with E-state index in [1.54, 1.807) is 30.3 Å². The van der Waals surface area contributed by atoms with E-state index in [1.807, 2.05) is 22.7 Å². The molecule has 23 heavy (non-hydrogen) atoms. The summed E-state index contributed by atoms with van der Waals surface area (Å²) in [5.74, 6) is -0.938. The van der Waals surface area contributed by atoms with Crippen molar-refractivity contribution in [3.05, 3.63) is 59.8 Å². The third-order valence-electron chi connectivity index (χ3n) is 3.63. The van der Waals surface area contributed by atoms with Crippen molar-refractivity contribution < 1.29 is 9.90 Å². The van der Waals surface area contributed by atoms with Gasteiger partial charge in [-0.25, -0.2) is 9.78 Å². The predicted molar refractivity (Wildman–Crippen MR) is 87.7 cm³/mol. The Bertz CT molecular complexity index is 1120. The second-order valence-corrected chi connectivity index (χ2v) is 6.07. The monoisotopic (exact) mass is 319 g/mol. The minimum absolute atomic E-state index is 0.268. The van der Waals surface area contributed by atoms with Gasteiger partial charge in [0, 0.05) is 11.8 Å². The van der Waals surface area contributed by atoms with E-state index in [1.165, 1.54) is 11.3 Å². The lowest BCUT2D eigenvalue weighted by atomic mass is 10.1. The van der Waals surface area contributed by atoms with Crippen LogP contribution in [-0.2, 0) is 0 Å². The highest BCUT2D eigenvalue weighted by atomic mass is 32.1. The number of hydrogen-bond acceptors (Lipinski definition) is 4. The molecule has 0 amide bonds. The number of thiazole rings is 1. The normalized spacial score (nSPS) is 10.9. The number of carboxylic acid groups (broad SMARTS) is 1. The lowest BCUT2D eigenvalue weighted by Crippen LogP contribution is -1.94. The third-order valence-corrected chi connectivity index (χ3v) is 4.65. The van der Waals surface area contributed by atoms with Crippen LogP contribution in [0.1, 0.15) is 15.9 Å². The molecule has 0 fully saturated rings. The molecule has 0 aliphatic carbocycles. The number of benzene rings is 2. The summed E-state index contributed by atoms with van der Waals surface area (Å²) in [6.07, 6.45) is 1.91. The highest BCUT2D eigenvalue weighted by molar-refractivity contribution is 7.23. The van der Waals surface area contributed by atoms with Crippen molar-refractivity contribution in [2.24, 2.45) is 0 Å². The van der Waals surface area contributed by atoms with Crippen molar-refractivity contribution in [3.8, 4) is 17.3 Å². The highest BCUT2D eigenvalue weighted by Crippen LogP contribution is 2.30. The molecule has 4 rings (SSSR count). The molecule has 2 aromatic carbocycles. The number of fused-ring (bicyclic) bond motifs is 3. The van der Waals surface area contributed by atoms with Crippen LogP contribution in [0.4, 0.5) is 0 Å². The zero-order valence-corrected chi connectivity index (χ0v) is 12.5. The van der Waals surface area contributed by atoms with Crippen LogP contribution in [0.25, 0.3) is 26.4 Å². The van der Waals surface area contributed by atoms with Crippen LogP contribution in [0, 0.1) is 11.3 Å². The molecular formula is C17H9N3O2S. The van der Waals surface area contributed by atoms with Gasteiger partial charge in [-0.3, -0.25) is 4.40 Å². The number of aromatic carboxylic acids is 1. The standard InChI is InChI=1S/C17H9N3O2S/c18-8-10-2-1-3-11(6-10)13-9-20-14-5-4-12(16(21)22)7-15(14)23-17(20)19-13/h1-7,9H,(H,21,22). The predicted octanol–water partition coefficient (Wildman–Crippen LogP) is 3.79. The van der Waals surface area contributed by atoms with E-state index in [-0.39, 0.29) is 5.56 Å². The van der Waals surface area contributed by atoms with Crippen LogP contribution in [0.15, 0.2) is 48.7 Å². The molecule has 0 saturated heterocycles. The summed E-state index contributed by atoms with van der Waals surface area (Å²) in [6.45, 7) is 0. The molecule has 6 heteroatoms. The Morgan fingerprint density at radius 1 is 1.26 bits per heavy atom. The van der Waals surface area contributed by atoms with E-state index in [0.717, 1.165) is 26.4 Å². The molecule has 0 spiro atoms. The van der Waals surface area contributed by atoms with Gasteiger partial charge in [-0.1, -0.05) is 23.5 Å². The summed E-state index contributed by atoms with van der Waals surface area (Å²) in [5, 5.41) is 18.1. The Balaban J connectivity index is 1.88. The Hall–Kier alpha value is -3.17. The first-order valence-electron chi connectivity index (χ1n) is 6.81. The fourth-order valence-corrected chi connectivity index (χ4v) is 3.57. The van der Waals surface area contributed by atoms with Crippen molar-refractivity contribution in [3.63, 3.8) is 0 Å². The average molecular weight is 319 g/mol. The lowest BCUT2D eigenvalue weighted by molar-refractivity contribution is 0.0697. The molecule has 0 aliphatic rings. The number of carboxylic acids is 1. The van der Waals surface area contributed by atoms with E-state index < -0.39 is 5.97 Å². The summed E-state index contributed by atoms with van der Waals surface area (Å²) in [6, 6.07) is 14.5. The van der Waals surface area contributed by atoms with E-state index in [2.05, 4.69) is 11.1 Å². The Kier molecular flexibility index (Phi) is 2.89. The molecule has 0 radical (unpaired) electrons. The van der Waals surface area contributed by atoms with Crippen molar-refractivity contribution in [2.75, 3.05) is 0 Å². The van der Waals surface area contributed by atoms with Gasteiger partial charge in [-0.05, 0) is 30.3 Å². The fourth-order valence-electron chi connectivity index (χ4n) is 2.52. The SMILES string of the molecule is N#Cc1cccc(-c2cn3c(n2)sc2cc(C(=O)O)ccc23)c1. The number of nitrogens with zero attached hydrogens (tertiary/aromatic N) is 3. The van der Waals surface area contributed by atoms with Gasteiger partial charge < -0.3 is 5.11 Å². The van der Waals surface area contributed by atoms with Gasteiger partial charge >= 0.3 is 5.97 Å². The molecule has 1 N–H and O–H groups in total. The van der Waals surface area contributed by atoms with Gasteiger partial charge in [0.2, 0.25) is 0 Å². The van der Waals surface area contributed by atoms with Crippen LogP contribution in [-0.4, -0.2) is 20.5 Å². The van der Waals surface area contributed by atoms with E-state index in [9.17, 15) is 4.79 Å². The average Bonchev–Trinajstić information content (AvgIpc) is 3.11. The maximum absolute atomic E-state index is 11.1. The second kappa shape index (κ2) is 4.93. The van der Waals surface area contributed by atoms with Crippen molar-refractivity contribution >= 4 is 32.5 Å². The van der Waals surface area contributed by atoms with Crippen LogP contribution >= 0.6 is 11.3 Å². The fraction of sp³-hybridized carbons (Fsp3) is 0. The summed E-state index contributed by atoms with van der Waals surface area (Å²) in [4.78, 5) is 16.4. The minimum Gasteiger partial charge on any atom is -0.478 e. The van der Waals surface area contributed by atoms with E-state index in [4.69, 9.17) is 10.4 Å². The smallest absolute Gasteiger partial charge is 0.335 e. The summed E-state index contributed by atoms with van der Waals surface area (Å²) < 4.78 is 2.82. The van der Waals surface area contributed by atoms with E-state index >= 15 is 0 Å². The largest absolute Gasteiger partial charge is 0.478 e. The summed E-state index contributed by atoms with van der Waals surface area (Å²) in [5.41, 5.74) is 3.46. The van der Waals surface area contributed by atoms with Gasteiger partial charge in [0.25, 0.3) is 0 Å². The topological polar surface area (TPSA) is 78.4 Å². The first-order valence-corrected chi connectivity index (χ1v) is 7.63. The molecule has 0 unspecified atom stereocenters. The van der Waals surface area contributed by atoms with Crippen LogP contribution in [0.5, 0.6) is 0 Å². The van der Waals surface area contributed by atoms with Crippen molar-refractivity contribution in [1.29, 1.82) is 5.26 Å². The van der Waals surface area contributed by atoms with Gasteiger partial charge in [0.05, 0.1) is 33.1 Å². The summed E-state index contributed by atoms with van der Waals surface area (Å²) in [7, 11) is 0. The molecule has 4 aromatic rings. The first-order chi connectivity index (χ1) is 11.2. The zero-order chi connectivity index (χ0) is 16.0. The van der Waals surface area contributed by atoms with Crippen LogP contribution in [0.3, 0.4) is 0 Å². The Morgan fingerprint density at radius 2 is 2.13 bits per heavy atom. The highest BCUT2D eigenvalue weighted by Gasteiger charge is 2.12. The molecule has 0 saturated carbocycles. The van der Waals surface area contributed by atoms with Gasteiger partial charge in [0.1, 0.15) is 0 Å². The minimum atomic E-state index is -0.938. The molecule has 2 heterocycles. The lowest BCUT2D eigenvalue weighted by Gasteiger charge is -1.97. The molecule has 110 valence electrons. The maximum Gasteiger partial charge on any atom is 0.335 e. The van der Waals surface area contributed by atoms with Crippen LogP contribution in [0.2, 0.25) is 0 Å². The molecule has 0 atom stereocenters. The molecule has 0 bridgehead atoms. The third kappa shape index (κ3) is 2.15. The van der Waals surface area contributed by atoms with Crippen LogP contribution < -0.4 is 0 Å². The number of carbonyl (C=O) groups is 1. The maximum atomic E-state index is 11.1. The Morgan fingerprint density at radius 3 is 2.91 bits per heavy atom. The van der Waals surface area contributed by atoms with Crippen molar-refractivity contribution in [1.82, 2.24) is 9.38 Å². The van der Waals surface area contributed by atoms with Gasteiger partial charge in [-0.2, -0.15) is 5.26 Å². The molecule has 5 nitrogen and oxygen atoms in total. The van der Waals surface area contributed by atoms with Gasteiger partial charge in [-0.15, -0.1) is 0 Å². The second-order valence-electron chi connectivity index (χ2n) is 5.06. The number of nitriles is 1.